The lowest BCUT2D eigenvalue weighted by Crippen LogP contribution is -2.25. The minimum absolute atomic E-state index is 0.0942. The van der Waals surface area contributed by atoms with Gasteiger partial charge in [-0.2, -0.15) is 31.2 Å². The predicted octanol–water partition coefficient (Wildman–Crippen LogP) is 6.11. The molecule has 1 heterocycles. The molecule has 0 aliphatic carbocycles. The molecule has 0 radical (unpaired) electrons. The number of hydrogen-bond donors (Lipinski definition) is 1. The summed E-state index contributed by atoms with van der Waals surface area (Å²) in [5.74, 6) is 0. The number of nitrogens with one attached hydrogen (secondary N) is 1. The molecule has 0 amide bonds. The van der Waals surface area contributed by atoms with Gasteiger partial charge in [0.15, 0.2) is 5.69 Å². The Balaban J connectivity index is 2.23. The van der Waals surface area contributed by atoms with E-state index in [0.29, 0.717) is 10.9 Å². The molecule has 0 bridgehead atoms. The van der Waals surface area contributed by atoms with Crippen LogP contribution in [0.15, 0.2) is 47.4 Å². The molecule has 0 unspecified atom stereocenters. The smallest absolute Gasteiger partial charge is 0.200 e. The van der Waals surface area contributed by atoms with Crippen molar-refractivity contribution in [2.45, 2.75) is 11.1 Å². The van der Waals surface area contributed by atoms with Gasteiger partial charge in [-0.15, -0.1) is 5.10 Å². The first-order chi connectivity index (χ1) is 13.4. The van der Waals surface area contributed by atoms with Crippen LogP contribution < -0.4 is 4.83 Å². The van der Waals surface area contributed by atoms with E-state index in [2.05, 4.69) is 5.10 Å². The average molecular weight is 505 g/mol. The van der Waals surface area contributed by atoms with E-state index in [4.69, 9.17) is 46.4 Å². The largest absolute Gasteiger partial charge is 0.435 e. The Kier molecular flexibility index (Phi) is 5.99. The second-order valence-electron chi connectivity index (χ2n) is 5.58. The average Bonchev–Trinajstić information content (AvgIpc) is 3.04. The van der Waals surface area contributed by atoms with E-state index in [1.165, 1.54) is 30.3 Å². The van der Waals surface area contributed by atoms with Gasteiger partial charge in [0, 0.05) is 5.56 Å². The van der Waals surface area contributed by atoms with E-state index >= 15 is 0 Å². The van der Waals surface area contributed by atoms with E-state index in [-0.39, 0.29) is 30.5 Å². The number of rotatable bonds is 4. The summed E-state index contributed by atoms with van der Waals surface area (Å²) in [4.78, 5) is 2.17. The summed E-state index contributed by atoms with van der Waals surface area (Å²) in [6, 6.07) is 8.77. The van der Waals surface area contributed by atoms with Crippen LogP contribution in [0.5, 0.6) is 0 Å². The highest BCUT2D eigenvalue weighted by molar-refractivity contribution is 7.92. The number of alkyl halides is 3. The molecule has 3 rings (SSSR count). The van der Waals surface area contributed by atoms with Gasteiger partial charge in [-0.25, -0.2) is 0 Å². The van der Waals surface area contributed by atoms with Crippen LogP contribution in [0.3, 0.4) is 0 Å². The van der Waals surface area contributed by atoms with Crippen molar-refractivity contribution in [3.05, 3.63) is 68.2 Å². The summed E-state index contributed by atoms with van der Waals surface area (Å²) >= 11 is 24.1. The van der Waals surface area contributed by atoms with Gasteiger partial charge in [0.1, 0.15) is 0 Å². The van der Waals surface area contributed by atoms with Crippen molar-refractivity contribution in [2.24, 2.45) is 0 Å². The Morgan fingerprint density at radius 1 is 0.931 bits per heavy atom. The molecule has 0 aliphatic heterocycles. The molecule has 0 fully saturated rings. The SMILES string of the molecule is O=S(=O)(Nn1nc(C(F)(F)F)cc1-c1c(Cl)c(Cl)cc(Cl)c1Cl)c1ccccc1. The third kappa shape index (κ3) is 4.44. The van der Waals surface area contributed by atoms with Crippen molar-refractivity contribution < 1.29 is 21.6 Å². The highest BCUT2D eigenvalue weighted by Crippen LogP contribution is 2.44. The Hall–Kier alpha value is -1.65. The summed E-state index contributed by atoms with van der Waals surface area (Å²) in [6.07, 6.45) is -4.88. The monoisotopic (exact) mass is 503 g/mol. The first kappa shape index (κ1) is 22.0. The minimum atomic E-state index is -4.88. The highest BCUT2D eigenvalue weighted by atomic mass is 35.5. The Labute approximate surface area is 183 Å². The maximum absolute atomic E-state index is 13.2. The van der Waals surface area contributed by atoms with Crippen LogP contribution in [0.25, 0.3) is 11.3 Å². The molecule has 0 spiro atoms. The first-order valence-electron chi connectivity index (χ1n) is 7.50. The fraction of sp³-hybridized carbons (Fsp3) is 0.0625. The lowest BCUT2D eigenvalue weighted by Gasteiger charge is -2.14. The van der Waals surface area contributed by atoms with Gasteiger partial charge in [0.2, 0.25) is 0 Å². The van der Waals surface area contributed by atoms with Gasteiger partial charge in [0.25, 0.3) is 10.0 Å². The summed E-state index contributed by atoms with van der Waals surface area (Å²) in [6.45, 7) is 0. The number of hydrogen-bond acceptors (Lipinski definition) is 3. The summed E-state index contributed by atoms with van der Waals surface area (Å²) < 4.78 is 64.9. The summed E-state index contributed by atoms with van der Waals surface area (Å²) in [7, 11) is -4.29. The number of halogens is 7. The maximum atomic E-state index is 13.2. The number of nitrogens with zero attached hydrogens (tertiary/aromatic N) is 2. The molecular weight excluding hydrogens is 497 g/mol. The Morgan fingerprint density at radius 3 is 2.00 bits per heavy atom. The molecule has 0 atom stereocenters. The van der Waals surface area contributed by atoms with Gasteiger partial charge >= 0.3 is 6.18 Å². The standard InChI is InChI=1S/C16H8Cl4F3N3O2S/c17-9-6-10(18)15(20)13(14(9)19)11-7-12(16(21,22)23)24-26(11)25-29(27,28)8-4-2-1-3-5-8/h1-7,25H. The van der Waals surface area contributed by atoms with E-state index in [0.717, 1.165) is 0 Å². The summed E-state index contributed by atoms with van der Waals surface area (Å²) in [5, 5.41) is 2.67. The summed E-state index contributed by atoms with van der Waals surface area (Å²) in [5.41, 5.74) is -2.01. The van der Waals surface area contributed by atoms with Crippen LogP contribution in [-0.2, 0) is 16.2 Å². The van der Waals surface area contributed by atoms with Crippen LogP contribution in [0, 0.1) is 0 Å². The van der Waals surface area contributed by atoms with Crippen LogP contribution in [-0.4, -0.2) is 18.3 Å². The third-order valence-electron chi connectivity index (χ3n) is 3.63. The highest BCUT2D eigenvalue weighted by Gasteiger charge is 2.36. The zero-order chi connectivity index (χ0) is 21.6. The number of sulfonamides is 1. The molecule has 1 aromatic heterocycles. The van der Waals surface area contributed by atoms with E-state index in [1.54, 1.807) is 6.07 Å². The van der Waals surface area contributed by atoms with E-state index < -0.39 is 27.6 Å². The molecule has 0 saturated heterocycles. The second kappa shape index (κ2) is 7.88. The van der Waals surface area contributed by atoms with Crippen molar-refractivity contribution in [1.82, 2.24) is 9.89 Å². The molecule has 13 heteroatoms. The van der Waals surface area contributed by atoms with Crippen molar-refractivity contribution in [3.8, 4) is 11.3 Å². The zero-order valence-corrected chi connectivity index (χ0v) is 17.6. The van der Waals surface area contributed by atoms with Crippen molar-refractivity contribution in [2.75, 3.05) is 4.83 Å². The van der Waals surface area contributed by atoms with E-state index in [1.807, 2.05) is 4.83 Å². The number of benzene rings is 2. The first-order valence-corrected chi connectivity index (χ1v) is 10.5. The molecule has 1 N–H and O–H groups in total. The van der Waals surface area contributed by atoms with Crippen molar-refractivity contribution in [3.63, 3.8) is 0 Å². The lowest BCUT2D eigenvalue weighted by atomic mass is 10.1. The van der Waals surface area contributed by atoms with Crippen molar-refractivity contribution >= 4 is 56.4 Å². The van der Waals surface area contributed by atoms with Gasteiger partial charge in [-0.1, -0.05) is 64.6 Å². The van der Waals surface area contributed by atoms with Gasteiger partial charge in [-0.05, 0) is 24.3 Å². The Bertz CT molecular complexity index is 1160. The van der Waals surface area contributed by atoms with Gasteiger partial charge in [-0.3, -0.25) is 0 Å². The van der Waals surface area contributed by atoms with Crippen molar-refractivity contribution in [1.29, 1.82) is 0 Å². The maximum Gasteiger partial charge on any atom is 0.435 e. The third-order valence-corrected chi connectivity index (χ3v) is 6.51. The minimum Gasteiger partial charge on any atom is -0.200 e. The lowest BCUT2D eigenvalue weighted by molar-refractivity contribution is -0.141. The zero-order valence-electron chi connectivity index (χ0n) is 13.8. The van der Waals surface area contributed by atoms with Gasteiger partial charge < -0.3 is 0 Å². The van der Waals surface area contributed by atoms with E-state index in [9.17, 15) is 21.6 Å². The topological polar surface area (TPSA) is 64.0 Å². The quantitative estimate of drug-likeness (QED) is 0.435. The van der Waals surface area contributed by atoms with Crippen LogP contribution >= 0.6 is 46.4 Å². The van der Waals surface area contributed by atoms with Crippen LogP contribution in [0.2, 0.25) is 20.1 Å². The van der Waals surface area contributed by atoms with Crippen LogP contribution in [0.1, 0.15) is 5.69 Å². The molecule has 0 aliphatic rings. The molecule has 154 valence electrons. The Morgan fingerprint density at radius 2 is 1.48 bits per heavy atom. The number of aromatic nitrogens is 2. The normalized spacial score (nSPS) is 12.2. The molecule has 29 heavy (non-hydrogen) atoms. The van der Waals surface area contributed by atoms with Gasteiger partial charge in [0.05, 0.1) is 30.7 Å². The molecule has 2 aromatic carbocycles. The molecule has 5 nitrogen and oxygen atoms in total. The molecule has 3 aromatic rings. The fourth-order valence-electron chi connectivity index (χ4n) is 2.33. The molecular formula is C16H8Cl4F3N3O2S. The second-order valence-corrected chi connectivity index (χ2v) is 8.81. The fourth-order valence-corrected chi connectivity index (χ4v) is 4.32. The van der Waals surface area contributed by atoms with Crippen LogP contribution in [0.4, 0.5) is 13.2 Å². The molecule has 0 saturated carbocycles. The predicted molar refractivity (Wildman–Crippen MR) is 106 cm³/mol.